The van der Waals surface area contributed by atoms with Gasteiger partial charge in [0.15, 0.2) is 12.6 Å². The average Bonchev–Trinajstić information content (AvgIpc) is 3.41. The molecule has 5 fully saturated rings. The topological polar surface area (TPSA) is 239 Å². The predicted octanol–water partition coefficient (Wildman–Crippen LogP) is -0.0505. The van der Waals surface area contributed by atoms with E-state index >= 15 is 0 Å². The molecule has 0 radical (unpaired) electrons. The molecule has 0 unspecified atom stereocenters. The molecule has 306 valence electrons. The highest BCUT2D eigenvalue weighted by Gasteiger charge is 2.64. The minimum absolute atomic E-state index is 0.0724. The molecule has 0 aromatic heterocycles. The Morgan fingerprint density at radius 3 is 2.15 bits per heavy atom. The maximum atomic E-state index is 11.7. The van der Waals surface area contributed by atoms with Crippen molar-refractivity contribution in [2.45, 2.75) is 172 Å². The molecule has 4 aliphatic carbocycles. The molecule has 2 saturated heterocycles. The number of aliphatic hydroxyl groups excluding tert-OH is 10. The normalized spacial score (nSPS) is 51.8. The van der Waals surface area contributed by atoms with Gasteiger partial charge in [-0.1, -0.05) is 39.3 Å². The van der Waals surface area contributed by atoms with Gasteiger partial charge in [-0.05, 0) is 92.8 Å². The van der Waals surface area contributed by atoms with Crippen molar-refractivity contribution in [1.82, 2.24) is 0 Å². The van der Waals surface area contributed by atoms with E-state index in [2.05, 4.69) is 19.9 Å². The van der Waals surface area contributed by atoms with Crippen molar-refractivity contribution in [1.29, 1.82) is 0 Å². The molecule has 0 spiro atoms. The summed E-state index contributed by atoms with van der Waals surface area (Å²) >= 11 is 0. The van der Waals surface area contributed by atoms with Crippen LogP contribution in [0.15, 0.2) is 11.6 Å². The zero-order chi connectivity index (χ0) is 38.7. The third-order valence-electron chi connectivity index (χ3n) is 15.0. The van der Waals surface area contributed by atoms with Crippen LogP contribution in [0.1, 0.15) is 86.0 Å². The van der Waals surface area contributed by atoms with E-state index < -0.39 is 97.8 Å². The van der Waals surface area contributed by atoms with E-state index in [-0.39, 0.29) is 54.0 Å². The van der Waals surface area contributed by atoms with E-state index in [4.69, 9.17) is 18.9 Å². The van der Waals surface area contributed by atoms with Crippen molar-refractivity contribution < 1.29 is 70.0 Å². The van der Waals surface area contributed by atoms with E-state index in [9.17, 15) is 51.1 Å². The number of rotatable bonds is 11. The van der Waals surface area contributed by atoms with Crippen molar-refractivity contribution in [3.63, 3.8) is 0 Å². The molecule has 22 atom stereocenters. The lowest BCUT2D eigenvalue weighted by molar-refractivity contribution is -0.331. The predicted molar refractivity (Wildman–Crippen MR) is 188 cm³/mol. The van der Waals surface area contributed by atoms with E-state index in [1.807, 2.05) is 13.8 Å². The Kier molecular flexibility index (Phi) is 12.8. The van der Waals surface area contributed by atoms with Gasteiger partial charge in [0.1, 0.15) is 42.7 Å². The summed E-state index contributed by atoms with van der Waals surface area (Å²) < 4.78 is 24.6. The highest BCUT2D eigenvalue weighted by Crippen LogP contribution is 2.68. The summed E-state index contributed by atoms with van der Waals surface area (Å²) in [6, 6.07) is 0. The second kappa shape index (κ2) is 16.2. The van der Waals surface area contributed by atoms with E-state index in [0.29, 0.717) is 25.7 Å². The van der Waals surface area contributed by atoms with Crippen LogP contribution in [0.3, 0.4) is 0 Å². The van der Waals surface area contributed by atoms with Crippen LogP contribution in [-0.2, 0) is 18.9 Å². The number of ether oxygens (including phenoxy) is 4. The van der Waals surface area contributed by atoms with E-state index in [0.717, 1.165) is 24.8 Å². The molecule has 6 rings (SSSR count). The fraction of sp³-hybridized carbons (Fsp3) is 0.949. The molecule has 14 heteroatoms. The lowest BCUT2D eigenvalue weighted by Crippen LogP contribution is -2.62. The Bertz CT molecular complexity index is 1270. The van der Waals surface area contributed by atoms with Gasteiger partial charge in [-0.15, -0.1) is 0 Å². The summed E-state index contributed by atoms with van der Waals surface area (Å²) in [5, 5.41) is 106. The summed E-state index contributed by atoms with van der Waals surface area (Å²) in [6.45, 7) is 9.52. The van der Waals surface area contributed by atoms with Crippen LogP contribution in [0.4, 0.5) is 0 Å². The third kappa shape index (κ3) is 7.42. The second-order valence-corrected chi connectivity index (χ2v) is 18.0. The molecular formula is C39H66O14. The van der Waals surface area contributed by atoms with Gasteiger partial charge in [0, 0.05) is 18.4 Å². The molecule has 0 aromatic rings. The van der Waals surface area contributed by atoms with Crippen LogP contribution in [0.2, 0.25) is 0 Å². The molecule has 0 bridgehead atoms. The zero-order valence-electron chi connectivity index (χ0n) is 31.8. The zero-order valence-corrected chi connectivity index (χ0v) is 31.8. The smallest absolute Gasteiger partial charge is 0.186 e. The average molecular weight is 759 g/mol. The van der Waals surface area contributed by atoms with Crippen LogP contribution in [0.25, 0.3) is 0 Å². The lowest BCUT2D eigenvalue weighted by atomic mass is 9.46. The Morgan fingerprint density at radius 2 is 1.49 bits per heavy atom. The van der Waals surface area contributed by atoms with Crippen molar-refractivity contribution in [2.75, 3.05) is 13.2 Å². The number of aliphatic hydroxyl groups is 10. The van der Waals surface area contributed by atoms with Crippen molar-refractivity contribution in [3.8, 4) is 0 Å². The second-order valence-electron chi connectivity index (χ2n) is 18.0. The molecule has 0 amide bonds. The maximum absolute atomic E-state index is 11.7. The summed E-state index contributed by atoms with van der Waals surface area (Å²) in [6.07, 6.45) is -8.79. The minimum Gasteiger partial charge on any atom is -0.396 e. The molecular weight excluding hydrogens is 692 g/mol. The van der Waals surface area contributed by atoms with E-state index in [1.54, 1.807) is 6.92 Å². The Morgan fingerprint density at radius 1 is 0.830 bits per heavy atom. The molecule has 10 N–H and O–H groups in total. The standard InChI is InChI=1S/C39H66O14/c1-17(15-40)6-9-25(42)18(2)29-26(43)14-24-22-8-7-20-12-21(51-37-35(49)33(47)31(45)27(16-41)52-37)13-28(39(20,5)23(22)10-11-38(24,29)4)53-36-34(48)32(46)30(44)19(3)50-36/h7,17-19,21-37,40-49H,6,8-16H2,1-5H3/t17-,18+,19-,21+,22+,23-,24-,25-,26-,27+,28+,29-,30-,31-,32+,33-,34+,35+,36+,37+,38-,39-/m0/s1. The molecule has 14 nitrogen and oxygen atoms in total. The maximum Gasteiger partial charge on any atom is 0.186 e. The summed E-state index contributed by atoms with van der Waals surface area (Å²) in [4.78, 5) is 0. The van der Waals surface area contributed by atoms with Crippen LogP contribution in [0.5, 0.6) is 0 Å². The SMILES string of the molecule is C[C@H](CO)CC[C@H](O)[C@@H](C)[C@H]1[C@@H](O)C[C@H]2[C@@H]3CC=C4C[C@@H](O[C@@H]5O[C@H](CO)[C@H](O)[C@H](O)[C@H]5O)C[C@@H](O[C@H]5O[C@@H](C)[C@H](O)[C@@H](O)[C@H]5O)[C@]4(C)[C@H]3CC[C@]12C. The van der Waals surface area contributed by atoms with Crippen LogP contribution in [-0.4, -0.2) is 150 Å². The first-order valence-corrected chi connectivity index (χ1v) is 19.9. The summed E-state index contributed by atoms with van der Waals surface area (Å²) in [7, 11) is 0. The number of allylic oxidation sites excluding steroid dienone is 1. The summed E-state index contributed by atoms with van der Waals surface area (Å²) in [5.41, 5.74) is 0.245. The first-order chi connectivity index (χ1) is 25.0. The summed E-state index contributed by atoms with van der Waals surface area (Å²) in [5.74, 6) is 0.313. The quantitative estimate of drug-likeness (QED) is 0.124. The molecule has 0 aromatic carbocycles. The molecule has 2 aliphatic heterocycles. The van der Waals surface area contributed by atoms with Crippen molar-refractivity contribution >= 4 is 0 Å². The fourth-order valence-electron chi connectivity index (χ4n) is 11.7. The van der Waals surface area contributed by atoms with Gasteiger partial charge in [-0.2, -0.15) is 0 Å². The largest absolute Gasteiger partial charge is 0.396 e. The fourth-order valence-corrected chi connectivity index (χ4v) is 11.7. The van der Waals surface area contributed by atoms with Crippen LogP contribution >= 0.6 is 0 Å². The van der Waals surface area contributed by atoms with Crippen molar-refractivity contribution in [3.05, 3.63) is 11.6 Å². The van der Waals surface area contributed by atoms with Gasteiger partial charge in [0.05, 0.1) is 37.1 Å². The molecule has 6 aliphatic rings. The van der Waals surface area contributed by atoms with Gasteiger partial charge < -0.3 is 70.0 Å². The highest BCUT2D eigenvalue weighted by molar-refractivity contribution is 5.28. The molecule has 2 heterocycles. The van der Waals surface area contributed by atoms with Gasteiger partial charge in [-0.3, -0.25) is 0 Å². The highest BCUT2D eigenvalue weighted by atomic mass is 16.7. The monoisotopic (exact) mass is 758 g/mol. The minimum atomic E-state index is -1.60. The van der Waals surface area contributed by atoms with Crippen LogP contribution in [0, 0.1) is 46.3 Å². The Labute approximate surface area is 312 Å². The molecule has 3 saturated carbocycles. The van der Waals surface area contributed by atoms with Gasteiger partial charge in [0.2, 0.25) is 0 Å². The lowest BCUT2D eigenvalue weighted by Gasteiger charge is -2.61. The van der Waals surface area contributed by atoms with Crippen molar-refractivity contribution in [2.24, 2.45) is 46.3 Å². The third-order valence-corrected chi connectivity index (χ3v) is 15.0. The van der Waals surface area contributed by atoms with Gasteiger partial charge in [-0.25, -0.2) is 0 Å². The van der Waals surface area contributed by atoms with Gasteiger partial charge >= 0.3 is 0 Å². The Hall–Kier alpha value is -0.820. The molecule has 53 heavy (non-hydrogen) atoms. The first-order valence-electron chi connectivity index (χ1n) is 19.9. The Balaban J connectivity index is 1.28. The van der Waals surface area contributed by atoms with Gasteiger partial charge in [0.25, 0.3) is 0 Å². The number of hydrogen-bond donors (Lipinski definition) is 10. The number of hydrogen-bond acceptors (Lipinski definition) is 14. The number of fused-ring (bicyclic) bond motifs is 5. The van der Waals surface area contributed by atoms with Crippen LogP contribution < -0.4 is 0 Å². The first kappa shape index (κ1) is 41.8. The van der Waals surface area contributed by atoms with E-state index in [1.165, 1.54) is 0 Å².